The number of nitrogens with one attached hydrogen (secondary N) is 1. The molecule has 2 aliphatic heterocycles. The quantitative estimate of drug-likeness (QED) is 0.146. The van der Waals surface area contributed by atoms with Crippen LogP contribution < -0.4 is 10.1 Å². The normalized spacial score (nSPS) is 18.6. The molecule has 0 aromatic heterocycles. The minimum atomic E-state index is -1.35. The number of benzene rings is 3. The van der Waals surface area contributed by atoms with Crippen LogP contribution >= 0.6 is 11.6 Å². The van der Waals surface area contributed by atoms with Gasteiger partial charge in [0.1, 0.15) is 0 Å². The zero-order valence-electron chi connectivity index (χ0n) is 27.5. The molecule has 2 N–H and O–H groups in total. The number of ether oxygens (including phenoxy) is 1. The Balaban J connectivity index is 1.26. The van der Waals surface area contributed by atoms with Crippen molar-refractivity contribution in [2.75, 3.05) is 19.7 Å². The standard InChI is InChI=1S/C38H39ClF3N3O5/c39-29-7-2-1-6-25(29)22-44(26-14-15-26)38(49)35-28(19-27-20-43-21-32(35)45(27)33(46)8-3-9-34(47)48)24-12-10-23(11-13-24)5-4-18-50-37-31(41)17-16-30(40)36(37)42/h1-2,6-7,10-13,16-17,26-27,32,43H,3-5,8-9,14-15,18-22H2,(H,47,48)/t27-,32-/m1/s1. The summed E-state index contributed by atoms with van der Waals surface area (Å²) in [5.41, 5.74) is 4.07. The van der Waals surface area contributed by atoms with Crippen LogP contribution in [-0.4, -0.2) is 70.5 Å². The molecule has 2 bridgehead atoms. The van der Waals surface area contributed by atoms with Crippen LogP contribution in [0.3, 0.4) is 0 Å². The molecule has 0 spiro atoms. The Hall–Kier alpha value is -4.35. The molecule has 0 radical (unpaired) electrons. The van der Waals surface area contributed by atoms with Crippen LogP contribution in [0, 0.1) is 17.5 Å². The van der Waals surface area contributed by atoms with Crippen molar-refractivity contribution >= 4 is 35.0 Å². The number of hydrogen-bond donors (Lipinski definition) is 2. The first-order chi connectivity index (χ1) is 24.1. The van der Waals surface area contributed by atoms with E-state index in [1.54, 1.807) is 11.0 Å². The van der Waals surface area contributed by atoms with Crippen molar-refractivity contribution in [1.29, 1.82) is 0 Å². The van der Waals surface area contributed by atoms with Gasteiger partial charge in [-0.3, -0.25) is 14.4 Å². The van der Waals surface area contributed by atoms with Gasteiger partial charge in [0.15, 0.2) is 17.4 Å². The number of carbonyl (C=O) groups excluding carboxylic acids is 2. The van der Waals surface area contributed by atoms with E-state index in [9.17, 15) is 27.6 Å². The number of carboxylic acid groups (broad SMARTS) is 1. The molecule has 1 aliphatic carbocycles. The van der Waals surface area contributed by atoms with Gasteiger partial charge < -0.3 is 25.0 Å². The highest BCUT2D eigenvalue weighted by molar-refractivity contribution is 6.31. The summed E-state index contributed by atoms with van der Waals surface area (Å²) >= 11 is 6.53. The third-order valence-corrected chi connectivity index (χ3v) is 9.92. The highest BCUT2D eigenvalue weighted by Gasteiger charge is 2.46. The summed E-state index contributed by atoms with van der Waals surface area (Å²) in [6, 6.07) is 16.1. The molecule has 2 amide bonds. The van der Waals surface area contributed by atoms with Gasteiger partial charge in [-0.15, -0.1) is 0 Å². The number of carboxylic acids is 1. The fourth-order valence-electron chi connectivity index (χ4n) is 6.92. The van der Waals surface area contributed by atoms with E-state index in [4.69, 9.17) is 21.4 Å². The molecule has 264 valence electrons. The number of hydrogen-bond acceptors (Lipinski definition) is 5. The zero-order chi connectivity index (χ0) is 35.4. The topological polar surface area (TPSA) is 99.2 Å². The van der Waals surface area contributed by atoms with Gasteiger partial charge in [0.05, 0.1) is 12.6 Å². The summed E-state index contributed by atoms with van der Waals surface area (Å²) in [7, 11) is 0. The molecule has 3 aliphatic rings. The average Bonchev–Trinajstić information content (AvgIpc) is 3.94. The summed E-state index contributed by atoms with van der Waals surface area (Å²) in [4.78, 5) is 43.2. The molecular weight excluding hydrogens is 671 g/mol. The molecule has 1 saturated heterocycles. The van der Waals surface area contributed by atoms with Crippen molar-refractivity contribution in [2.45, 2.75) is 76.0 Å². The van der Waals surface area contributed by atoms with Crippen LogP contribution in [0.2, 0.25) is 5.02 Å². The predicted octanol–water partition coefficient (Wildman–Crippen LogP) is 6.54. The SMILES string of the molecule is O=C(O)CCCC(=O)N1[C@H]2CNC[C@@H]1C(C(=O)N(Cc1ccccc1Cl)C1CC1)=C(c1ccc(CCCOc3c(F)ccc(F)c3F)cc1)C2. The number of carbonyl (C=O) groups is 3. The van der Waals surface area contributed by atoms with Gasteiger partial charge in [-0.1, -0.05) is 54.1 Å². The Morgan fingerprint density at radius 2 is 1.68 bits per heavy atom. The number of nitrogens with zero attached hydrogens (tertiary/aromatic N) is 2. The Labute approximate surface area is 293 Å². The van der Waals surface area contributed by atoms with E-state index in [-0.39, 0.29) is 49.8 Å². The lowest BCUT2D eigenvalue weighted by atomic mass is 9.81. The van der Waals surface area contributed by atoms with Crippen molar-refractivity contribution in [3.63, 3.8) is 0 Å². The Bertz CT molecular complexity index is 1780. The molecule has 2 atom stereocenters. The van der Waals surface area contributed by atoms with Crippen molar-refractivity contribution in [3.8, 4) is 5.75 Å². The second kappa shape index (κ2) is 15.7. The molecule has 6 rings (SSSR count). The molecule has 8 nitrogen and oxygen atoms in total. The Kier molecular flexibility index (Phi) is 11.1. The van der Waals surface area contributed by atoms with Gasteiger partial charge in [0, 0.05) is 55.2 Å². The minimum absolute atomic E-state index is 0.0159. The van der Waals surface area contributed by atoms with Gasteiger partial charge in [-0.05, 0) is 79.0 Å². The van der Waals surface area contributed by atoms with Crippen LogP contribution in [0.25, 0.3) is 5.57 Å². The van der Waals surface area contributed by atoms with E-state index in [1.807, 2.05) is 47.4 Å². The second-order valence-corrected chi connectivity index (χ2v) is 13.5. The number of aryl methyl sites for hydroxylation is 1. The number of piperazine rings is 1. The summed E-state index contributed by atoms with van der Waals surface area (Å²) in [6.45, 7) is 1.25. The van der Waals surface area contributed by atoms with Gasteiger partial charge in [0.2, 0.25) is 11.7 Å². The highest BCUT2D eigenvalue weighted by Crippen LogP contribution is 2.40. The molecule has 0 unspecified atom stereocenters. The maximum absolute atomic E-state index is 14.8. The largest absolute Gasteiger partial charge is 0.488 e. The fourth-order valence-corrected chi connectivity index (χ4v) is 7.12. The van der Waals surface area contributed by atoms with Crippen LogP contribution in [0.4, 0.5) is 13.2 Å². The molecule has 2 heterocycles. The molecule has 3 aromatic rings. The predicted molar refractivity (Wildman–Crippen MR) is 182 cm³/mol. The first kappa shape index (κ1) is 35.5. The smallest absolute Gasteiger partial charge is 0.303 e. The Morgan fingerprint density at radius 3 is 2.40 bits per heavy atom. The summed E-state index contributed by atoms with van der Waals surface area (Å²) in [5.74, 6) is -5.49. The lowest BCUT2D eigenvalue weighted by molar-refractivity contribution is -0.139. The maximum Gasteiger partial charge on any atom is 0.303 e. The van der Waals surface area contributed by atoms with E-state index in [1.165, 1.54) is 0 Å². The number of halogens is 4. The van der Waals surface area contributed by atoms with Crippen LogP contribution in [0.1, 0.15) is 61.6 Å². The van der Waals surface area contributed by atoms with E-state index < -0.39 is 35.2 Å². The van der Waals surface area contributed by atoms with Crippen LogP contribution in [0.15, 0.2) is 66.2 Å². The maximum atomic E-state index is 14.8. The lowest BCUT2D eigenvalue weighted by Crippen LogP contribution is -2.63. The van der Waals surface area contributed by atoms with Crippen molar-refractivity contribution in [2.24, 2.45) is 0 Å². The number of aliphatic carboxylic acids is 1. The van der Waals surface area contributed by atoms with Crippen molar-refractivity contribution in [1.82, 2.24) is 15.1 Å². The van der Waals surface area contributed by atoms with E-state index in [0.29, 0.717) is 55.6 Å². The third-order valence-electron chi connectivity index (χ3n) is 9.55. The second-order valence-electron chi connectivity index (χ2n) is 13.0. The first-order valence-electron chi connectivity index (χ1n) is 17.0. The zero-order valence-corrected chi connectivity index (χ0v) is 28.2. The van der Waals surface area contributed by atoms with Gasteiger partial charge in [-0.25, -0.2) is 8.78 Å². The monoisotopic (exact) mass is 709 g/mol. The molecule has 50 heavy (non-hydrogen) atoms. The number of fused-ring (bicyclic) bond motifs is 2. The Morgan fingerprint density at radius 1 is 0.940 bits per heavy atom. The van der Waals surface area contributed by atoms with E-state index in [0.717, 1.165) is 41.2 Å². The van der Waals surface area contributed by atoms with Gasteiger partial charge in [-0.2, -0.15) is 4.39 Å². The van der Waals surface area contributed by atoms with Crippen molar-refractivity contribution in [3.05, 3.63) is 105 Å². The molecule has 1 saturated carbocycles. The molecule has 3 aromatic carbocycles. The lowest BCUT2D eigenvalue weighted by Gasteiger charge is -2.48. The van der Waals surface area contributed by atoms with Crippen molar-refractivity contribution < 1.29 is 37.4 Å². The van der Waals surface area contributed by atoms with E-state index in [2.05, 4.69) is 5.32 Å². The van der Waals surface area contributed by atoms with Crippen LogP contribution in [-0.2, 0) is 27.3 Å². The highest BCUT2D eigenvalue weighted by atomic mass is 35.5. The molecule has 2 fully saturated rings. The fraction of sp³-hybridized carbons (Fsp3) is 0.395. The number of rotatable bonds is 14. The summed E-state index contributed by atoms with van der Waals surface area (Å²) in [6.07, 6.45) is 3.34. The minimum Gasteiger partial charge on any atom is -0.488 e. The molecular formula is C38H39ClF3N3O5. The van der Waals surface area contributed by atoms with Crippen LogP contribution in [0.5, 0.6) is 5.75 Å². The third kappa shape index (κ3) is 8.00. The van der Waals surface area contributed by atoms with Gasteiger partial charge in [0.25, 0.3) is 5.91 Å². The first-order valence-corrected chi connectivity index (χ1v) is 17.4. The van der Waals surface area contributed by atoms with E-state index >= 15 is 0 Å². The number of amides is 2. The van der Waals surface area contributed by atoms with Gasteiger partial charge >= 0.3 is 5.97 Å². The average molecular weight is 710 g/mol. The molecule has 12 heteroatoms. The summed E-state index contributed by atoms with van der Waals surface area (Å²) < 4.78 is 46.6. The summed E-state index contributed by atoms with van der Waals surface area (Å²) in [5, 5.41) is 13.1.